The number of amides is 2. The van der Waals surface area contributed by atoms with Crippen molar-refractivity contribution in [3.05, 3.63) is 65.7 Å². The largest absolute Gasteiger partial charge is 0.493 e. The molecule has 3 aromatic carbocycles. The highest BCUT2D eigenvalue weighted by Gasteiger charge is 2.19. The molecular formula is C22H20N2O3. The van der Waals surface area contributed by atoms with Crippen molar-refractivity contribution >= 4 is 34.0 Å². The van der Waals surface area contributed by atoms with Gasteiger partial charge in [0.25, 0.3) is 5.91 Å². The lowest BCUT2D eigenvalue weighted by Crippen LogP contribution is -2.19. The van der Waals surface area contributed by atoms with Crippen LogP contribution in [0.15, 0.2) is 54.6 Å². The molecule has 1 heterocycles. The topological polar surface area (TPSA) is 67.4 Å². The quantitative estimate of drug-likeness (QED) is 0.726. The Morgan fingerprint density at radius 2 is 1.96 bits per heavy atom. The van der Waals surface area contributed by atoms with Crippen LogP contribution in [0.5, 0.6) is 5.75 Å². The summed E-state index contributed by atoms with van der Waals surface area (Å²) in [5.41, 5.74) is 3.06. The number of anilines is 2. The van der Waals surface area contributed by atoms with Gasteiger partial charge in [0, 0.05) is 17.8 Å². The van der Waals surface area contributed by atoms with Gasteiger partial charge in [0.05, 0.1) is 12.2 Å². The standard InChI is InChI=1S/C22H20N2O3/c1-2-27-19-11-7-14-5-3-4-6-17(14)21(19)22(26)23-16-9-10-18-15(13-16)8-12-20(25)24-18/h3-7,9-11,13H,2,8,12H2,1H3,(H,23,26)(H,24,25). The van der Waals surface area contributed by atoms with Gasteiger partial charge >= 0.3 is 0 Å². The predicted octanol–water partition coefficient (Wildman–Crippen LogP) is 4.38. The van der Waals surface area contributed by atoms with Gasteiger partial charge in [-0.15, -0.1) is 0 Å². The van der Waals surface area contributed by atoms with E-state index in [1.807, 2.05) is 55.5 Å². The molecule has 1 aliphatic heterocycles. The summed E-state index contributed by atoms with van der Waals surface area (Å²) in [5, 5.41) is 7.67. The minimum absolute atomic E-state index is 0.0244. The fourth-order valence-corrected chi connectivity index (χ4v) is 3.42. The van der Waals surface area contributed by atoms with E-state index in [0.29, 0.717) is 36.4 Å². The summed E-state index contributed by atoms with van der Waals surface area (Å²) in [6, 6.07) is 17.1. The van der Waals surface area contributed by atoms with Crippen molar-refractivity contribution in [1.29, 1.82) is 0 Å². The van der Waals surface area contributed by atoms with Gasteiger partial charge < -0.3 is 15.4 Å². The van der Waals surface area contributed by atoms with Crippen molar-refractivity contribution in [3.63, 3.8) is 0 Å². The summed E-state index contributed by atoms with van der Waals surface area (Å²) in [6.07, 6.45) is 1.13. The minimum atomic E-state index is -0.213. The maximum Gasteiger partial charge on any atom is 0.260 e. The Balaban J connectivity index is 1.69. The SMILES string of the molecule is CCOc1ccc2ccccc2c1C(=O)Nc1ccc2c(c1)CCC(=O)N2. The first-order chi connectivity index (χ1) is 13.2. The van der Waals surface area contributed by atoms with Gasteiger partial charge in [-0.05, 0) is 53.9 Å². The molecule has 5 heteroatoms. The molecule has 136 valence electrons. The molecule has 0 radical (unpaired) electrons. The van der Waals surface area contributed by atoms with Gasteiger partial charge in [-0.2, -0.15) is 0 Å². The van der Waals surface area contributed by atoms with Gasteiger partial charge in [0.2, 0.25) is 5.91 Å². The average Bonchev–Trinajstić information content (AvgIpc) is 2.68. The summed E-state index contributed by atoms with van der Waals surface area (Å²) < 4.78 is 5.70. The molecule has 5 nitrogen and oxygen atoms in total. The fraction of sp³-hybridized carbons (Fsp3) is 0.182. The number of carbonyl (C=O) groups is 2. The molecule has 0 aliphatic carbocycles. The lowest BCUT2D eigenvalue weighted by molar-refractivity contribution is -0.116. The van der Waals surface area contributed by atoms with Gasteiger partial charge in [0.15, 0.2) is 0 Å². The van der Waals surface area contributed by atoms with E-state index in [-0.39, 0.29) is 11.8 Å². The van der Waals surface area contributed by atoms with Crippen LogP contribution < -0.4 is 15.4 Å². The van der Waals surface area contributed by atoms with E-state index < -0.39 is 0 Å². The molecule has 0 saturated heterocycles. The molecule has 0 fully saturated rings. The Hall–Kier alpha value is -3.34. The number of ether oxygens (including phenoxy) is 1. The van der Waals surface area contributed by atoms with Crippen molar-refractivity contribution < 1.29 is 14.3 Å². The van der Waals surface area contributed by atoms with E-state index in [1.54, 1.807) is 6.07 Å². The average molecular weight is 360 g/mol. The number of benzene rings is 3. The van der Waals surface area contributed by atoms with Crippen molar-refractivity contribution in [2.75, 3.05) is 17.2 Å². The molecule has 0 aromatic heterocycles. The van der Waals surface area contributed by atoms with E-state index in [2.05, 4.69) is 10.6 Å². The summed E-state index contributed by atoms with van der Waals surface area (Å²) >= 11 is 0. The second kappa shape index (κ2) is 7.11. The first kappa shape index (κ1) is 17.1. The summed E-state index contributed by atoms with van der Waals surface area (Å²) in [6.45, 7) is 2.38. The number of aryl methyl sites for hydroxylation is 1. The van der Waals surface area contributed by atoms with E-state index in [9.17, 15) is 9.59 Å². The van der Waals surface area contributed by atoms with Crippen molar-refractivity contribution in [3.8, 4) is 5.75 Å². The molecular weight excluding hydrogens is 340 g/mol. The number of rotatable bonds is 4. The number of carbonyl (C=O) groups excluding carboxylic acids is 2. The molecule has 0 atom stereocenters. The smallest absolute Gasteiger partial charge is 0.260 e. The molecule has 0 unspecified atom stereocenters. The minimum Gasteiger partial charge on any atom is -0.493 e. The highest BCUT2D eigenvalue weighted by molar-refractivity contribution is 6.15. The summed E-state index contributed by atoms with van der Waals surface area (Å²) in [7, 11) is 0. The Morgan fingerprint density at radius 3 is 2.81 bits per heavy atom. The molecule has 4 rings (SSSR count). The third-order valence-electron chi connectivity index (χ3n) is 4.68. The Bertz CT molecular complexity index is 1040. The van der Waals surface area contributed by atoms with Crippen LogP contribution in [0.3, 0.4) is 0 Å². The first-order valence-electron chi connectivity index (χ1n) is 9.04. The maximum absolute atomic E-state index is 13.1. The Labute approximate surface area is 157 Å². The highest BCUT2D eigenvalue weighted by Crippen LogP contribution is 2.30. The number of hydrogen-bond donors (Lipinski definition) is 2. The van der Waals surface area contributed by atoms with Gasteiger partial charge in [0.1, 0.15) is 5.75 Å². The van der Waals surface area contributed by atoms with Crippen molar-refractivity contribution in [2.45, 2.75) is 19.8 Å². The van der Waals surface area contributed by atoms with Gasteiger partial charge in [-0.1, -0.05) is 30.3 Å². The second-order valence-corrected chi connectivity index (χ2v) is 6.47. The van der Waals surface area contributed by atoms with Crippen molar-refractivity contribution in [2.24, 2.45) is 0 Å². The predicted molar refractivity (Wildman–Crippen MR) is 106 cm³/mol. The molecule has 27 heavy (non-hydrogen) atoms. The van der Waals surface area contributed by atoms with Crippen LogP contribution in [-0.2, 0) is 11.2 Å². The Kier molecular flexibility index (Phi) is 4.50. The zero-order valence-corrected chi connectivity index (χ0v) is 15.0. The van der Waals surface area contributed by atoms with E-state index in [0.717, 1.165) is 22.0 Å². The lowest BCUT2D eigenvalue weighted by atomic mass is 10.0. The van der Waals surface area contributed by atoms with Crippen LogP contribution >= 0.6 is 0 Å². The van der Waals surface area contributed by atoms with Gasteiger partial charge in [-0.25, -0.2) is 0 Å². The van der Waals surface area contributed by atoms with E-state index in [1.165, 1.54) is 0 Å². The first-order valence-corrected chi connectivity index (χ1v) is 9.04. The second-order valence-electron chi connectivity index (χ2n) is 6.47. The number of hydrogen-bond acceptors (Lipinski definition) is 3. The van der Waals surface area contributed by atoms with Crippen LogP contribution in [0, 0.1) is 0 Å². The fourth-order valence-electron chi connectivity index (χ4n) is 3.42. The summed E-state index contributed by atoms with van der Waals surface area (Å²) in [4.78, 5) is 24.6. The Morgan fingerprint density at radius 1 is 1.11 bits per heavy atom. The lowest BCUT2D eigenvalue weighted by Gasteiger charge is -2.18. The molecule has 3 aromatic rings. The van der Waals surface area contributed by atoms with Crippen LogP contribution in [-0.4, -0.2) is 18.4 Å². The monoisotopic (exact) mass is 360 g/mol. The van der Waals surface area contributed by atoms with Crippen LogP contribution in [0.25, 0.3) is 10.8 Å². The number of nitrogens with one attached hydrogen (secondary N) is 2. The third-order valence-corrected chi connectivity index (χ3v) is 4.68. The molecule has 0 spiro atoms. The highest BCUT2D eigenvalue weighted by atomic mass is 16.5. The van der Waals surface area contributed by atoms with E-state index >= 15 is 0 Å². The third kappa shape index (κ3) is 3.36. The molecule has 0 bridgehead atoms. The van der Waals surface area contributed by atoms with Crippen LogP contribution in [0.4, 0.5) is 11.4 Å². The normalized spacial score (nSPS) is 13.0. The molecule has 1 aliphatic rings. The molecule has 0 saturated carbocycles. The molecule has 2 amide bonds. The summed E-state index contributed by atoms with van der Waals surface area (Å²) in [5.74, 6) is 0.380. The zero-order valence-electron chi connectivity index (χ0n) is 15.0. The number of fused-ring (bicyclic) bond motifs is 2. The van der Waals surface area contributed by atoms with Crippen molar-refractivity contribution in [1.82, 2.24) is 0 Å². The maximum atomic E-state index is 13.1. The van der Waals surface area contributed by atoms with E-state index in [4.69, 9.17) is 4.74 Å². The zero-order chi connectivity index (χ0) is 18.8. The molecule has 2 N–H and O–H groups in total. The van der Waals surface area contributed by atoms with Crippen LogP contribution in [0.1, 0.15) is 29.3 Å². The van der Waals surface area contributed by atoms with Crippen LogP contribution in [0.2, 0.25) is 0 Å². The van der Waals surface area contributed by atoms with Gasteiger partial charge in [-0.3, -0.25) is 9.59 Å².